The van der Waals surface area contributed by atoms with Gasteiger partial charge in [0.05, 0.1) is 37.7 Å². The molecule has 0 spiro atoms. The number of anilines is 2. The number of fused-ring (bicyclic) bond motifs is 2. The van der Waals surface area contributed by atoms with Crippen molar-refractivity contribution >= 4 is 34.6 Å². The van der Waals surface area contributed by atoms with Crippen LogP contribution in [0, 0.1) is 0 Å². The maximum Gasteiger partial charge on any atom is 0.160 e. The maximum absolute atomic E-state index is 9.70. The monoisotopic (exact) mass is 610 g/mol. The lowest BCUT2D eigenvalue weighted by Gasteiger charge is -2.33. The Bertz CT molecular complexity index is 1470. The van der Waals surface area contributed by atoms with Crippen molar-refractivity contribution in [3.8, 4) is 34.5 Å². The molecule has 4 N–H and O–H groups in total. The fraction of sp³-hybridized carbons (Fsp3) is 0.250. The van der Waals surface area contributed by atoms with E-state index in [-0.39, 0.29) is 35.8 Å². The highest BCUT2D eigenvalue weighted by molar-refractivity contribution is 6.31. The van der Waals surface area contributed by atoms with Crippen molar-refractivity contribution in [2.75, 3.05) is 24.9 Å². The lowest BCUT2D eigenvalue weighted by Crippen LogP contribution is -2.32. The van der Waals surface area contributed by atoms with Crippen molar-refractivity contribution in [3.05, 3.63) is 94.0 Å². The highest BCUT2D eigenvalue weighted by atomic mass is 35.5. The Labute approximate surface area is 254 Å². The number of aromatic hydroxyl groups is 2. The smallest absolute Gasteiger partial charge is 0.160 e. The molecule has 0 amide bonds. The van der Waals surface area contributed by atoms with Crippen LogP contribution in [0.4, 0.5) is 11.4 Å². The molecule has 2 aliphatic heterocycles. The first-order valence-corrected chi connectivity index (χ1v) is 14.1. The molecule has 2 heterocycles. The van der Waals surface area contributed by atoms with Crippen molar-refractivity contribution in [1.82, 2.24) is 0 Å². The van der Waals surface area contributed by atoms with Crippen LogP contribution in [0.15, 0.2) is 72.8 Å². The molecule has 0 bridgehead atoms. The van der Waals surface area contributed by atoms with E-state index in [1.807, 2.05) is 62.4 Å². The molecule has 0 fully saturated rings. The van der Waals surface area contributed by atoms with Gasteiger partial charge in [-0.15, -0.1) is 0 Å². The van der Waals surface area contributed by atoms with Gasteiger partial charge in [0.2, 0.25) is 0 Å². The highest BCUT2D eigenvalue weighted by Crippen LogP contribution is 2.41. The molecule has 0 saturated heterocycles. The number of phenolic OH excluding ortho intramolecular Hbond substituents is 2. The topological polar surface area (TPSA) is 101 Å². The lowest BCUT2D eigenvalue weighted by molar-refractivity contribution is 0.187. The Kier molecular flexibility index (Phi) is 8.66. The van der Waals surface area contributed by atoms with Crippen LogP contribution in [0.1, 0.15) is 37.1 Å². The fourth-order valence-electron chi connectivity index (χ4n) is 5.03. The second-order valence-electron chi connectivity index (χ2n) is 10.0. The third-order valence-electron chi connectivity index (χ3n) is 7.20. The predicted octanol–water partition coefficient (Wildman–Crippen LogP) is 7.98. The summed E-state index contributed by atoms with van der Waals surface area (Å²) in [7, 11) is 3.06. The normalized spacial score (nSPS) is 20.1. The summed E-state index contributed by atoms with van der Waals surface area (Å²) >= 11 is 12.1. The van der Waals surface area contributed by atoms with E-state index in [4.69, 9.17) is 42.1 Å². The number of benzene rings is 4. The first-order chi connectivity index (χ1) is 20.2. The molecule has 10 heteroatoms. The summed E-state index contributed by atoms with van der Waals surface area (Å²) in [6.07, 6.45) is -0.124. The van der Waals surface area contributed by atoms with E-state index in [1.165, 1.54) is 14.2 Å². The van der Waals surface area contributed by atoms with Gasteiger partial charge in [-0.25, -0.2) is 0 Å². The van der Waals surface area contributed by atoms with Gasteiger partial charge in [0, 0.05) is 10.0 Å². The van der Waals surface area contributed by atoms with Crippen LogP contribution in [0.3, 0.4) is 0 Å². The standard InChI is InChI=1S/2C16H16ClNO3/c2*1-9-16(10-3-5-13(19)15(7-10)20-2)18-12-8-11(17)4-6-14(12)21-9/h2*3-9,16,18-19H,1-2H3/t2*9-,16+/m11/s1. The molecule has 4 atom stereocenters. The lowest BCUT2D eigenvalue weighted by atomic mass is 9.99. The number of hydrogen-bond donors (Lipinski definition) is 4. The average Bonchev–Trinajstić information content (AvgIpc) is 2.98. The van der Waals surface area contributed by atoms with E-state index >= 15 is 0 Å². The highest BCUT2D eigenvalue weighted by Gasteiger charge is 2.29. The Morgan fingerprint density at radius 3 is 1.40 bits per heavy atom. The minimum atomic E-state index is -0.0621. The summed E-state index contributed by atoms with van der Waals surface area (Å²) in [5.41, 5.74) is 3.67. The first kappa shape index (κ1) is 29.4. The first-order valence-electron chi connectivity index (χ1n) is 13.4. The molecule has 42 heavy (non-hydrogen) atoms. The maximum atomic E-state index is 9.70. The summed E-state index contributed by atoms with van der Waals surface area (Å²) in [5.74, 6) is 2.70. The number of ether oxygens (including phenoxy) is 4. The number of methoxy groups -OCH3 is 2. The second-order valence-corrected chi connectivity index (χ2v) is 10.9. The summed E-state index contributed by atoms with van der Waals surface area (Å²) < 4.78 is 22.2. The quantitative estimate of drug-likeness (QED) is 0.184. The van der Waals surface area contributed by atoms with Gasteiger partial charge >= 0.3 is 0 Å². The minimum absolute atomic E-state index is 0.0505. The fourth-order valence-corrected chi connectivity index (χ4v) is 5.37. The second kappa shape index (κ2) is 12.4. The van der Waals surface area contributed by atoms with Crippen molar-refractivity contribution in [1.29, 1.82) is 0 Å². The van der Waals surface area contributed by atoms with Gasteiger partial charge in [0.15, 0.2) is 23.0 Å². The average molecular weight is 612 g/mol. The third kappa shape index (κ3) is 6.20. The Balaban J connectivity index is 0.000000168. The van der Waals surface area contributed by atoms with Crippen molar-refractivity contribution in [3.63, 3.8) is 0 Å². The van der Waals surface area contributed by atoms with Crippen LogP contribution < -0.4 is 29.6 Å². The molecule has 8 nitrogen and oxygen atoms in total. The molecule has 220 valence electrons. The molecular weight excluding hydrogens is 579 g/mol. The molecule has 0 unspecified atom stereocenters. The van der Waals surface area contributed by atoms with Gasteiger partial charge in [0.1, 0.15) is 23.7 Å². The molecule has 4 aromatic carbocycles. The molecular formula is C32H32Cl2N2O6. The number of phenols is 2. The zero-order valence-electron chi connectivity index (χ0n) is 23.5. The molecule has 6 rings (SSSR count). The molecule has 2 aliphatic rings. The van der Waals surface area contributed by atoms with Crippen LogP contribution in [-0.2, 0) is 0 Å². The van der Waals surface area contributed by atoms with Crippen LogP contribution in [0.25, 0.3) is 0 Å². The van der Waals surface area contributed by atoms with Gasteiger partial charge in [-0.1, -0.05) is 35.3 Å². The number of hydrogen-bond acceptors (Lipinski definition) is 8. The van der Waals surface area contributed by atoms with Gasteiger partial charge in [-0.05, 0) is 85.6 Å². The third-order valence-corrected chi connectivity index (χ3v) is 7.67. The number of rotatable bonds is 4. The van der Waals surface area contributed by atoms with Gasteiger partial charge in [0.25, 0.3) is 0 Å². The zero-order valence-corrected chi connectivity index (χ0v) is 25.0. The van der Waals surface area contributed by atoms with Crippen LogP contribution in [-0.4, -0.2) is 36.6 Å². The van der Waals surface area contributed by atoms with Gasteiger partial charge in [-0.2, -0.15) is 0 Å². The Morgan fingerprint density at radius 1 is 0.619 bits per heavy atom. The molecule has 0 aromatic heterocycles. The molecule has 0 radical (unpaired) electrons. The van der Waals surface area contributed by atoms with E-state index in [2.05, 4.69) is 10.6 Å². The Hall–Kier alpha value is -4.14. The van der Waals surface area contributed by atoms with E-state index in [9.17, 15) is 10.2 Å². The van der Waals surface area contributed by atoms with Crippen molar-refractivity contribution in [2.45, 2.75) is 38.1 Å². The Morgan fingerprint density at radius 2 is 1.02 bits per heavy atom. The van der Waals surface area contributed by atoms with E-state index in [1.54, 1.807) is 24.3 Å². The van der Waals surface area contributed by atoms with Crippen LogP contribution >= 0.6 is 23.2 Å². The van der Waals surface area contributed by atoms with Crippen molar-refractivity contribution in [2.24, 2.45) is 0 Å². The van der Waals surface area contributed by atoms with E-state index in [0.29, 0.717) is 21.5 Å². The summed E-state index contributed by atoms with van der Waals surface area (Å²) in [4.78, 5) is 0. The van der Waals surface area contributed by atoms with Crippen LogP contribution in [0.2, 0.25) is 10.0 Å². The molecule has 4 aromatic rings. The SMILES string of the molecule is COc1cc([C@H]2Nc3cc(Cl)ccc3O[C@@H]2C)ccc1O.COc1cc([C@H]2Nc3cc(Cl)ccc3O[C@@H]2C)ccc1O. The molecule has 0 saturated carbocycles. The van der Waals surface area contributed by atoms with Crippen LogP contribution in [0.5, 0.6) is 34.5 Å². The van der Waals surface area contributed by atoms with E-state index in [0.717, 1.165) is 34.0 Å². The van der Waals surface area contributed by atoms with Gasteiger partial charge < -0.3 is 39.8 Å². The van der Waals surface area contributed by atoms with Crippen molar-refractivity contribution < 1.29 is 29.2 Å². The molecule has 0 aliphatic carbocycles. The number of nitrogens with one attached hydrogen (secondary N) is 2. The minimum Gasteiger partial charge on any atom is -0.504 e. The predicted molar refractivity (Wildman–Crippen MR) is 165 cm³/mol. The zero-order chi connectivity index (χ0) is 30.0. The largest absolute Gasteiger partial charge is 0.504 e. The van der Waals surface area contributed by atoms with E-state index < -0.39 is 0 Å². The summed E-state index contributed by atoms with van der Waals surface area (Å²) in [5, 5.41) is 27.6. The number of halogens is 2. The summed E-state index contributed by atoms with van der Waals surface area (Å²) in [6.45, 7) is 3.99. The van der Waals surface area contributed by atoms with Gasteiger partial charge in [-0.3, -0.25) is 0 Å². The summed E-state index contributed by atoms with van der Waals surface area (Å²) in [6, 6.07) is 21.5.